The summed E-state index contributed by atoms with van der Waals surface area (Å²) in [6.07, 6.45) is 15.6. The van der Waals surface area contributed by atoms with Gasteiger partial charge < -0.3 is 28.6 Å². The Labute approximate surface area is 389 Å². The van der Waals surface area contributed by atoms with Crippen molar-refractivity contribution in [2.45, 2.75) is 182 Å². The van der Waals surface area contributed by atoms with Crippen molar-refractivity contribution in [1.29, 1.82) is 0 Å². The Balaban J connectivity index is 1.70. The fourth-order valence-electron chi connectivity index (χ4n) is 10.5. The lowest BCUT2D eigenvalue weighted by atomic mass is 9.76. The molecule has 15 atom stereocenters. The summed E-state index contributed by atoms with van der Waals surface area (Å²) in [7, 11) is 4.85. The molecule has 0 spiro atoms. The van der Waals surface area contributed by atoms with Crippen molar-refractivity contribution in [3.8, 4) is 0 Å². The highest BCUT2D eigenvalue weighted by molar-refractivity contribution is 6.39. The predicted molar refractivity (Wildman–Crippen MR) is 250 cm³/mol. The molecule has 366 valence electrons. The molecule has 2 bridgehead atoms. The van der Waals surface area contributed by atoms with E-state index in [1.807, 2.05) is 71.9 Å². The first-order valence-corrected chi connectivity index (χ1v) is 24.5. The van der Waals surface area contributed by atoms with Gasteiger partial charge in [0.1, 0.15) is 24.0 Å². The minimum atomic E-state index is -2.89. The SMILES string of the molecule is CO[C@H]1C[C@@H]2CC[C@@H](C)[C@@](F)(O2)C(=O)C(=O)N2CCCC[C@H]2C(=O)OC([C@H](C)C[C@@H]2CC[C@@H](C)[C@H](OC)C2)CC(=O)[C@H](C)/C=C(\C)[C@@H](C)[C@@H](OC)C(=O)[C@H](C)C[C@H](C)/C=C/C=C/C=C/1C. The van der Waals surface area contributed by atoms with Gasteiger partial charge in [0.25, 0.3) is 17.5 Å². The Morgan fingerprint density at radius 3 is 2.23 bits per heavy atom. The van der Waals surface area contributed by atoms with Crippen LogP contribution in [0.4, 0.5) is 4.39 Å². The number of methoxy groups -OCH3 is 3. The van der Waals surface area contributed by atoms with Crippen LogP contribution in [0.2, 0.25) is 0 Å². The van der Waals surface area contributed by atoms with Gasteiger partial charge in [-0.25, -0.2) is 9.18 Å². The number of ether oxygens (including phenoxy) is 5. The number of amides is 1. The lowest BCUT2D eigenvalue weighted by Gasteiger charge is -2.41. The second-order valence-corrected chi connectivity index (χ2v) is 20.3. The zero-order valence-corrected chi connectivity index (χ0v) is 41.6. The Morgan fingerprint density at radius 2 is 1.55 bits per heavy atom. The van der Waals surface area contributed by atoms with Crippen molar-refractivity contribution in [3.63, 3.8) is 0 Å². The molecule has 1 unspecified atom stereocenters. The second kappa shape index (κ2) is 25.2. The average molecular weight is 912 g/mol. The number of halogens is 1. The number of esters is 1. The number of piperidine rings is 1. The van der Waals surface area contributed by atoms with Crippen LogP contribution in [0.5, 0.6) is 0 Å². The van der Waals surface area contributed by atoms with Gasteiger partial charge in [-0.1, -0.05) is 90.5 Å². The molecule has 3 heterocycles. The normalized spacial score (nSPS) is 40.4. The van der Waals surface area contributed by atoms with Crippen LogP contribution in [-0.4, -0.2) is 104 Å². The number of hydrogen-bond acceptors (Lipinski definition) is 10. The Morgan fingerprint density at radius 1 is 0.831 bits per heavy atom. The van der Waals surface area contributed by atoms with Gasteiger partial charge in [0, 0.05) is 64.4 Å². The van der Waals surface area contributed by atoms with E-state index in [1.54, 1.807) is 28.3 Å². The summed E-state index contributed by atoms with van der Waals surface area (Å²) in [5.74, 6) is -7.60. The lowest BCUT2D eigenvalue weighted by Crippen LogP contribution is -2.59. The first-order chi connectivity index (χ1) is 30.7. The summed E-state index contributed by atoms with van der Waals surface area (Å²) >= 11 is 0. The molecule has 1 amide bonds. The third kappa shape index (κ3) is 14.3. The van der Waals surface area contributed by atoms with Gasteiger partial charge in [0.15, 0.2) is 5.78 Å². The third-order valence-electron chi connectivity index (χ3n) is 15.2. The number of Topliss-reactive ketones (excluding diaryl/α,β-unsaturated/α-hetero) is 3. The number of cyclic esters (lactones) is 1. The van der Waals surface area contributed by atoms with E-state index in [9.17, 15) is 24.0 Å². The van der Waals surface area contributed by atoms with Crippen molar-refractivity contribution in [3.05, 3.63) is 47.6 Å². The highest BCUT2D eigenvalue weighted by Gasteiger charge is 2.55. The quantitative estimate of drug-likeness (QED) is 0.144. The van der Waals surface area contributed by atoms with E-state index >= 15 is 4.39 Å². The number of alkyl halides is 1. The molecule has 2 saturated heterocycles. The summed E-state index contributed by atoms with van der Waals surface area (Å²) in [5.41, 5.74) is 1.72. The monoisotopic (exact) mass is 912 g/mol. The van der Waals surface area contributed by atoms with E-state index in [2.05, 4.69) is 19.9 Å². The van der Waals surface area contributed by atoms with Gasteiger partial charge in [-0.2, -0.15) is 0 Å². The Hall–Kier alpha value is -3.32. The molecule has 12 heteroatoms. The smallest absolute Gasteiger partial charge is 0.329 e. The predicted octanol–water partition coefficient (Wildman–Crippen LogP) is 9.71. The third-order valence-corrected chi connectivity index (χ3v) is 15.2. The number of carbonyl (C=O) groups excluding carboxylic acids is 5. The van der Waals surface area contributed by atoms with Crippen LogP contribution in [0.1, 0.15) is 139 Å². The van der Waals surface area contributed by atoms with E-state index in [0.717, 1.165) is 30.4 Å². The number of fused-ring (bicyclic) bond motifs is 3. The van der Waals surface area contributed by atoms with Crippen molar-refractivity contribution < 1.29 is 52.0 Å². The molecule has 11 nitrogen and oxygen atoms in total. The molecule has 0 aromatic rings. The fourth-order valence-corrected chi connectivity index (χ4v) is 10.5. The van der Waals surface area contributed by atoms with Crippen LogP contribution in [0.25, 0.3) is 0 Å². The molecular formula is C53H82FNO10. The number of hydrogen-bond donors (Lipinski definition) is 0. The molecule has 1 aliphatic carbocycles. The molecule has 0 N–H and O–H groups in total. The van der Waals surface area contributed by atoms with Gasteiger partial charge in [-0.05, 0) is 107 Å². The number of nitrogens with zero attached hydrogens (tertiary/aromatic N) is 1. The lowest BCUT2D eigenvalue weighted by molar-refractivity contribution is -0.231. The molecule has 4 aliphatic rings. The topological polar surface area (TPSA) is 135 Å². The number of rotatable bonds is 6. The molecule has 4 rings (SSSR count). The van der Waals surface area contributed by atoms with E-state index < -0.39 is 65.8 Å². The average Bonchev–Trinajstić information content (AvgIpc) is 3.28. The number of carbonyl (C=O) groups is 5. The van der Waals surface area contributed by atoms with Crippen LogP contribution in [0.15, 0.2) is 47.6 Å². The Bertz CT molecular complexity index is 1760. The molecule has 0 aromatic carbocycles. The molecule has 1 saturated carbocycles. The van der Waals surface area contributed by atoms with Crippen LogP contribution < -0.4 is 0 Å². The summed E-state index contributed by atoms with van der Waals surface area (Å²) in [6, 6.07) is -1.13. The Kier molecular flexibility index (Phi) is 21.0. The molecule has 3 aliphatic heterocycles. The van der Waals surface area contributed by atoms with Gasteiger partial charge >= 0.3 is 5.97 Å². The van der Waals surface area contributed by atoms with Gasteiger partial charge in [0.05, 0.1) is 18.3 Å². The van der Waals surface area contributed by atoms with Gasteiger partial charge in [0.2, 0.25) is 0 Å². The summed E-state index contributed by atoms with van der Waals surface area (Å²) in [5, 5.41) is 0. The summed E-state index contributed by atoms with van der Waals surface area (Å²) in [6.45, 7) is 17.4. The minimum Gasteiger partial charge on any atom is -0.460 e. The van der Waals surface area contributed by atoms with E-state index in [4.69, 9.17) is 23.7 Å². The molecule has 65 heavy (non-hydrogen) atoms. The molecule has 3 fully saturated rings. The van der Waals surface area contributed by atoms with Gasteiger partial charge in [-0.3, -0.25) is 19.2 Å². The van der Waals surface area contributed by atoms with Crippen molar-refractivity contribution in [2.24, 2.45) is 47.3 Å². The zero-order valence-electron chi connectivity index (χ0n) is 41.6. The zero-order chi connectivity index (χ0) is 48.2. The van der Waals surface area contributed by atoms with E-state index in [0.29, 0.717) is 50.4 Å². The number of allylic oxidation sites excluding steroid dienone is 6. The minimum absolute atomic E-state index is 0.00242. The maximum Gasteiger partial charge on any atom is 0.329 e. The molecule has 0 radical (unpaired) electrons. The fraction of sp³-hybridized carbons (Fsp3) is 0.755. The first-order valence-electron chi connectivity index (χ1n) is 24.5. The standard InChI is InChI=1S/C53H82FNO10/c1-32-18-14-13-15-19-33(2)46(62-11)30-42-24-22-39(8)53(54,65-42)50(58)51(59)55-25-17-16-20-43(55)52(60)64-47(37(6)28-41-23-21-34(3)45(29-41)61-10)31-44(56)36(5)27-35(4)40(9)49(63-12)48(57)38(7)26-32/h13-15,18-19,27,32,34,36-43,45-47,49H,16-17,20-26,28-31H2,1-12H3/b15-13+,18-14+,33-19+,35-27+/t32-,34-,36-,37-,38-,39-,40-,41+,42+,43+,45-,46+,47?,49-,53-/m1/s1. The highest BCUT2D eigenvalue weighted by atomic mass is 19.2. The van der Waals surface area contributed by atoms with Crippen LogP contribution in [0, 0.1) is 47.3 Å². The largest absolute Gasteiger partial charge is 0.460 e. The maximum atomic E-state index is 17.1. The summed E-state index contributed by atoms with van der Waals surface area (Å²) in [4.78, 5) is 71.9. The maximum absolute atomic E-state index is 17.1. The van der Waals surface area contributed by atoms with Crippen LogP contribution >= 0.6 is 0 Å². The molecular weight excluding hydrogens is 830 g/mol. The van der Waals surface area contributed by atoms with E-state index in [-0.39, 0.29) is 67.1 Å². The highest BCUT2D eigenvalue weighted by Crippen LogP contribution is 2.40. The second-order valence-electron chi connectivity index (χ2n) is 20.3. The first kappa shape index (κ1) is 54.3. The van der Waals surface area contributed by atoms with Crippen molar-refractivity contribution in [2.75, 3.05) is 27.9 Å². The number of ketones is 3. The van der Waals surface area contributed by atoms with Crippen LogP contribution in [0.3, 0.4) is 0 Å². The van der Waals surface area contributed by atoms with Crippen molar-refractivity contribution >= 4 is 29.2 Å². The van der Waals surface area contributed by atoms with Gasteiger partial charge in [-0.15, -0.1) is 0 Å². The molecule has 0 aromatic heterocycles. The van der Waals surface area contributed by atoms with Crippen molar-refractivity contribution in [1.82, 2.24) is 4.90 Å². The van der Waals surface area contributed by atoms with Crippen LogP contribution in [-0.2, 0) is 47.7 Å². The summed E-state index contributed by atoms with van der Waals surface area (Å²) < 4.78 is 46.8. The van der Waals surface area contributed by atoms with E-state index in [1.165, 1.54) is 4.90 Å².